The number of aliphatic hydroxyl groups is 1. The Labute approximate surface area is 125 Å². The Morgan fingerprint density at radius 3 is 2.62 bits per heavy atom. The number of hydrogen-bond acceptors (Lipinski definition) is 3. The van der Waals surface area contributed by atoms with Gasteiger partial charge >= 0.3 is 0 Å². The van der Waals surface area contributed by atoms with Gasteiger partial charge in [0.25, 0.3) is 0 Å². The van der Waals surface area contributed by atoms with Gasteiger partial charge in [-0.05, 0) is 50.3 Å². The van der Waals surface area contributed by atoms with Gasteiger partial charge in [0.1, 0.15) is 5.82 Å². The van der Waals surface area contributed by atoms with E-state index in [4.69, 9.17) is 5.11 Å². The standard InChI is InChI=1S/C15H22FNO3S/c1-10-4-5-17(11(2)6-10)21(19,20)15-8-13(9-18)7-14(16)12(15)3/h7-8,10-11,18H,4-6,9H2,1-3H3. The van der Waals surface area contributed by atoms with Gasteiger partial charge in [-0.15, -0.1) is 0 Å². The maximum absolute atomic E-state index is 13.9. The number of halogens is 1. The van der Waals surface area contributed by atoms with Crippen LogP contribution in [0.5, 0.6) is 0 Å². The highest BCUT2D eigenvalue weighted by molar-refractivity contribution is 7.89. The van der Waals surface area contributed by atoms with Crippen LogP contribution in [-0.2, 0) is 16.6 Å². The largest absolute Gasteiger partial charge is 0.392 e. The topological polar surface area (TPSA) is 57.6 Å². The molecule has 4 nitrogen and oxygen atoms in total. The number of nitrogens with zero attached hydrogens (tertiary/aromatic N) is 1. The van der Waals surface area contributed by atoms with E-state index < -0.39 is 15.8 Å². The van der Waals surface area contributed by atoms with Crippen molar-refractivity contribution in [2.45, 2.75) is 51.2 Å². The van der Waals surface area contributed by atoms with Gasteiger partial charge < -0.3 is 5.11 Å². The number of benzene rings is 1. The van der Waals surface area contributed by atoms with Crippen LogP contribution < -0.4 is 0 Å². The average Bonchev–Trinajstić information content (AvgIpc) is 2.40. The quantitative estimate of drug-likeness (QED) is 0.932. The lowest BCUT2D eigenvalue weighted by atomic mass is 9.95. The van der Waals surface area contributed by atoms with Crippen molar-refractivity contribution in [2.24, 2.45) is 5.92 Å². The molecule has 0 amide bonds. The molecule has 0 saturated carbocycles. The fourth-order valence-corrected chi connectivity index (χ4v) is 4.88. The van der Waals surface area contributed by atoms with Crippen molar-refractivity contribution in [3.8, 4) is 0 Å². The molecule has 1 aromatic carbocycles. The fraction of sp³-hybridized carbons (Fsp3) is 0.600. The summed E-state index contributed by atoms with van der Waals surface area (Å²) in [6, 6.07) is 2.45. The molecule has 1 aliphatic rings. The summed E-state index contributed by atoms with van der Waals surface area (Å²) < 4.78 is 41.0. The predicted octanol–water partition coefficient (Wildman–Crippen LogP) is 2.44. The number of aliphatic hydroxyl groups excluding tert-OH is 1. The highest BCUT2D eigenvalue weighted by Gasteiger charge is 2.34. The number of piperidine rings is 1. The molecule has 6 heteroatoms. The second-order valence-corrected chi connectivity index (χ2v) is 7.81. The van der Waals surface area contributed by atoms with Gasteiger partial charge in [-0.3, -0.25) is 0 Å². The molecule has 2 unspecified atom stereocenters. The first-order valence-electron chi connectivity index (χ1n) is 7.19. The average molecular weight is 315 g/mol. The molecule has 0 aromatic heterocycles. The van der Waals surface area contributed by atoms with Crippen molar-refractivity contribution in [3.05, 3.63) is 29.1 Å². The highest BCUT2D eigenvalue weighted by atomic mass is 32.2. The third kappa shape index (κ3) is 3.12. The molecule has 118 valence electrons. The molecule has 1 N–H and O–H groups in total. The van der Waals surface area contributed by atoms with Gasteiger partial charge in [0.15, 0.2) is 0 Å². The maximum atomic E-state index is 13.9. The third-order valence-electron chi connectivity index (χ3n) is 4.20. The summed E-state index contributed by atoms with van der Waals surface area (Å²) in [4.78, 5) is -0.0343. The second-order valence-electron chi connectivity index (χ2n) is 5.95. The summed E-state index contributed by atoms with van der Waals surface area (Å²) in [6.07, 6.45) is 1.62. The lowest BCUT2D eigenvalue weighted by Crippen LogP contribution is -2.44. The van der Waals surface area contributed by atoms with E-state index in [1.807, 2.05) is 6.92 Å². The van der Waals surface area contributed by atoms with Crippen molar-refractivity contribution in [2.75, 3.05) is 6.54 Å². The van der Waals surface area contributed by atoms with Crippen LogP contribution in [0.15, 0.2) is 17.0 Å². The van der Waals surface area contributed by atoms with Gasteiger partial charge in [0, 0.05) is 18.2 Å². The molecule has 0 radical (unpaired) electrons. The van der Waals surface area contributed by atoms with Gasteiger partial charge in [-0.2, -0.15) is 4.31 Å². The first-order valence-corrected chi connectivity index (χ1v) is 8.63. The van der Waals surface area contributed by atoms with Gasteiger partial charge in [0.05, 0.1) is 11.5 Å². The SMILES string of the molecule is Cc1c(F)cc(CO)cc1S(=O)(=O)N1CCC(C)CC1C. The summed E-state index contributed by atoms with van der Waals surface area (Å²) >= 11 is 0. The Morgan fingerprint density at radius 1 is 1.38 bits per heavy atom. The molecule has 1 fully saturated rings. The number of hydrogen-bond donors (Lipinski definition) is 1. The van der Waals surface area contributed by atoms with E-state index >= 15 is 0 Å². The van der Waals surface area contributed by atoms with Crippen LogP contribution >= 0.6 is 0 Å². The Kier molecular flexibility index (Phi) is 4.70. The van der Waals surface area contributed by atoms with Crippen molar-refractivity contribution in [3.63, 3.8) is 0 Å². The molecular weight excluding hydrogens is 293 g/mol. The third-order valence-corrected chi connectivity index (χ3v) is 6.34. The predicted molar refractivity (Wildman–Crippen MR) is 78.8 cm³/mol. The Balaban J connectivity index is 2.47. The minimum atomic E-state index is -3.74. The Hall–Kier alpha value is -0.980. The molecular formula is C15H22FNO3S. The van der Waals surface area contributed by atoms with Gasteiger partial charge in [0.2, 0.25) is 10.0 Å². The molecule has 1 heterocycles. The van der Waals surface area contributed by atoms with E-state index in [-0.39, 0.29) is 28.7 Å². The van der Waals surface area contributed by atoms with Crippen LogP contribution in [0.25, 0.3) is 0 Å². The molecule has 1 aliphatic heterocycles. The van der Waals surface area contributed by atoms with Gasteiger partial charge in [-0.25, -0.2) is 12.8 Å². The first kappa shape index (κ1) is 16.4. The number of rotatable bonds is 3. The molecule has 0 spiro atoms. The summed E-state index contributed by atoms with van der Waals surface area (Å²) in [5.41, 5.74) is 0.382. The van der Waals surface area contributed by atoms with Crippen LogP contribution in [0.1, 0.15) is 37.8 Å². The molecule has 1 aromatic rings. The van der Waals surface area contributed by atoms with Crippen molar-refractivity contribution in [1.29, 1.82) is 0 Å². The van der Waals surface area contributed by atoms with E-state index in [2.05, 4.69) is 6.92 Å². The second kappa shape index (κ2) is 6.02. The van der Waals surface area contributed by atoms with Crippen LogP contribution in [0, 0.1) is 18.7 Å². The Bertz CT molecular complexity index is 630. The minimum absolute atomic E-state index is 0.0343. The molecule has 2 atom stereocenters. The van der Waals surface area contributed by atoms with Crippen molar-refractivity contribution < 1.29 is 17.9 Å². The Morgan fingerprint density at radius 2 is 2.05 bits per heavy atom. The van der Waals surface area contributed by atoms with Crippen LogP contribution in [0.3, 0.4) is 0 Å². The molecule has 1 saturated heterocycles. The summed E-state index contributed by atoms with van der Waals surface area (Å²) in [5, 5.41) is 9.17. The summed E-state index contributed by atoms with van der Waals surface area (Å²) in [6.45, 7) is 5.52. The number of sulfonamides is 1. The van der Waals surface area contributed by atoms with E-state index in [0.717, 1.165) is 12.8 Å². The minimum Gasteiger partial charge on any atom is -0.392 e. The molecule has 2 rings (SSSR count). The first-order chi connectivity index (χ1) is 9.77. The van der Waals surface area contributed by atoms with E-state index in [1.54, 1.807) is 0 Å². The van der Waals surface area contributed by atoms with Gasteiger partial charge in [-0.1, -0.05) is 6.92 Å². The van der Waals surface area contributed by atoms with Crippen LogP contribution in [-0.4, -0.2) is 30.4 Å². The summed E-state index contributed by atoms with van der Waals surface area (Å²) in [5.74, 6) is -0.105. The maximum Gasteiger partial charge on any atom is 0.243 e. The van der Waals surface area contributed by atoms with Crippen molar-refractivity contribution in [1.82, 2.24) is 4.31 Å². The zero-order chi connectivity index (χ0) is 15.8. The van der Waals surface area contributed by atoms with E-state index in [0.29, 0.717) is 12.5 Å². The zero-order valence-corrected chi connectivity index (χ0v) is 13.5. The smallest absolute Gasteiger partial charge is 0.243 e. The van der Waals surface area contributed by atoms with E-state index in [9.17, 15) is 12.8 Å². The van der Waals surface area contributed by atoms with Crippen LogP contribution in [0.4, 0.5) is 4.39 Å². The molecule has 0 aliphatic carbocycles. The molecule has 0 bridgehead atoms. The molecule has 21 heavy (non-hydrogen) atoms. The fourth-order valence-electron chi connectivity index (χ4n) is 2.94. The highest BCUT2D eigenvalue weighted by Crippen LogP contribution is 2.30. The summed E-state index contributed by atoms with van der Waals surface area (Å²) in [7, 11) is -3.74. The van der Waals surface area contributed by atoms with E-state index in [1.165, 1.54) is 23.4 Å². The lowest BCUT2D eigenvalue weighted by Gasteiger charge is -2.35. The lowest BCUT2D eigenvalue weighted by molar-refractivity contribution is 0.220. The van der Waals surface area contributed by atoms with Crippen LogP contribution in [0.2, 0.25) is 0 Å². The van der Waals surface area contributed by atoms with Crippen molar-refractivity contribution >= 4 is 10.0 Å². The zero-order valence-electron chi connectivity index (χ0n) is 12.6. The monoisotopic (exact) mass is 315 g/mol. The normalized spacial score (nSPS) is 24.2.